The van der Waals surface area contributed by atoms with Gasteiger partial charge in [-0.1, -0.05) is 0 Å². The topological polar surface area (TPSA) is 335 Å². The summed E-state index contributed by atoms with van der Waals surface area (Å²) in [5.74, 6) is -0.182. The molecule has 4 aromatic heterocycles. The van der Waals surface area contributed by atoms with Crippen molar-refractivity contribution in [3.8, 4) is 0 Å². The van der Waals surface area contributed by atoms with Crippen molar-refractivity contribution in [2.75, 3.05) is 24.7 Å². The molecule has 0 aromatic carbocycles. The number of fused-ring (bicyclic) bond motifs is 4. The zero-order chi connectivity index (χ0) is 31.8. The van der Waals surface area contributed by atoms with Crippen molar-refractivity contribution in [3.63, 3.8) is 0 Å². The molecule has 10 atom stereocenters. The molecule has 11 N–H and O–H groups in total. The summed E-state index contributed by atoms with van der Waals surface area (Å²) >= 11 is 0. The molecule has 45 heavy (non-hydrogen) atoms. The summed E-state index contributed by atoms with van der Waals surface area (Å²) in [5.41, 5.74) is 11.0. The normalized spacial score (nSPS) is 37.7. The minimum atomic E-state index is -4.78. The number of nitrogens with zero attached hydrogens (tertiary/aromatic N) is 7. The van der Waals surface area contributed by atoms with Crippen molar-refractivity contribution >= 4 is 49.6 Å². The van der Waals surface area contributed by atoms with Crippen LogP contribution in [0.3, 0.4) is 0 Å². The van der Waals surface area contributed by atoms with E-state index >= 15 is 0 Å². The highest BCUT2D eigenvalue weighted by Crippen LogP contribution is 2.47. The summed E-state index contributed by atoms with van der Waals surface area (Å²) in [6, 6.07) is -2.81. The Bertz CT molecular complexity index is 1940. The molecule has 3 fully saturated rings. The van der Waals surface area contributed by atoms with Crippen molar-refractivity contribution in [1.82, 2.24) is 49.2 Å². The molecule has 3 saturated heterocycles. The van der Waals surface area contributed by atoms with Gasteiger partial charge in [-0.2, -0.15) is 4.98 Å². The molecule has 3 aliphatic heterocycles. The first-order valence-electron chi connectivity index (χ1n) is 13.1. The average Bonchev–Trinajstić information content (AvgIpc) is 3.72. The predicted octanol–water partition coefficient (Wildman–Crippen LogP) is -3.20. The van der Waals surface area contributed by atoms with Crippen LogP contribution in [0.15, 0.2) is 23.8 Å². The third-order valence-electron chi connectivity index (χ3n) is 7.59. The Morgan fingerprint density at radius 2 is 1.36 bits per heavy atom. The number of nitrogen functional groups attached to an aromatic ring is 2. The Morgan fingerprint density at radius 3 is 1.93 bits per heavy atom. The van der Waals surface area contributed by atoms with Crippen molar-refractivity contribution in [2.45, 2.75) is 49.0 Å². The molecule has 23 nitrogen and oxygen atoms in total. The number of rotatable bonds is 2. The smallest absolute Gasteiger partial charge is 0.387 e. The van der Waals surface area contributed by atoms with E-state index in [1.807, 2.05) is 0 Å². The largest absolute Gasteiger partial charge is 0.403 e. The summed E-state index contributed by atoms with van der Waals surface area (Å²) in [4.78, 5) is 56.0. The number of aliphatic hydroxyl groups is 2. The summed E-state index contributed by atoms with van der Waals surface area (Å²) in [7, 11) is -9.55. The molecular weight excluding hydrogens is 646 g/mol. The lowest BCUT2D eigenvalue weighted by atomic mass is 10.1. The number of hydrogen-bond acceptors (Lipinski definition) is 16. The lowest BCUT2D eigenvalue weighted by Gasteiger charge is -2.29. The molecule has 6 unspecified atom stereocenters. The number of aromatic amines is 1. The second kappa shape index (κ2) is 10.8. The van der Waals surface area contributed by atoms with Crippen LogP contribution in [-0.2, 0) is 27.7 Å². The standard InChI is InChI=1S/C20H26N12O11P2/c21-14-10-15(24-3-23-14)31(4-25-10)18-12(33)8-6(42-18)1-40-45(38,39)30-9-7(2-41-44(36,37)29-8)43-19(13(9)34)32-5-26-11-16(32)27-20(22)28-17(11)35/h3-9,12-13,18-19,33-34H,1-2H2,(H2,21,23,24)(H2,29,36,37)(H2,30,38,39)(H3,22,27,28,35)/t6-,7-,8?,9?,12?,13?,18-,19-/m1/s1. The zero-order valence-corrected chi connectivity index (χ0v) is 24.4. The van der Waals surface area contributed by atoms with Gasteiger partial charge < -0.3 is 40.9 Å². The minimum Gasteiger partial charge on any atom is -0.387 e. The third-order valence-corrected chi connectivity index (χ3v) is 9.83. The number of H-pyrrole nitrogens is 1. The molecule has 3 aliphatic rings. The van der Waals surface area contributed by atoms with Gasteiger partial charge in [0.05, 0.1) is 38.0 Å². The van der Waals surface area contributed by atoms with Crippen molar-refractivity contribution in [2.24, 2.45) is 0 Å². The van der Waals surface area contributed by atoms with Crippen LogP contribution in [-0.4, -0.2) is 109 Å². The molecule has 0 bridgehead atoms. The number of aromatic nitrogens is 8. The zero-order valence-electron chi connectivity index (χ0n) is 22.6. The lowest BCUT2D eigenvalue weighted by Crippen LogP contribution is -2.48. The van der Waals surface area contributed by atoms with Gasteiger partial charge in [-0.05, 0) is 0 Å². The quantitative estimate of drug-likeness (QED) is 0.0947. The van der Waals surface area contributed by atoms with E-state index in [1.165, 1.54) is 21.8 Å². The molecule has 4 aromatic rings. The van der Waals surface area contributed by atoms with E-state index in [0.29, 0.717) is 0 Å². The third kappa shape index (κ3) is 5.31. The maximum absolute atomic E-state index is 13.2. The van der Waals surface area contributed by atoms with Gasteiger partial charge in [0.1, 0.15) is 36.3 Å². The van der Waals surface area contributed by atoms with Gasteiger partial charge >= 0.3 is 15.5 Å². The fourth-order valence-corrected chi connectivity index (χ4v) is 7.77. The highest BCUT2D eigenvalue weighted by Gasteiger charge is 2.52. The van der Waals surface area contributed by atoms with E-state index in [9.17, 15) is 33.9 Å². The SMILES string of the molecule is Nc1nc2c(ncn2[C@@H]2O[C@@H]3COP(=O)(O)NC4C(O)[C@H](n5cnc6c(N)ncnc65)O[C@@H]4COP(=O)(O)NC3C2O)c(=O)[nH]1. The van der Waals surface area contributed by atoms with E-state index in [4.69, 9.17) is 30.0 Å². The van der Waals surface area contributed by atoms with Crippen molar-refractivity contribution in [1.29, 1.82) is 0 Å². The molecule has 242 valence electrons. The van der Waals surface area contributed by atoms with E-state index in [0.717, 1.165) is 6.33 Å². The summed E-state index contributed by atoms with van der Waals surface area (Å²) in [6.07, 6.45) is -4.91. The van der Waals surface area contributed by atoms with Gasteiger partial charge in [0.2, 0.25) is 5.95 Å². The van der Waals surface area contributed by atoms with Crippen LogP contribution in [0.5, 0.6) is 0 Å². The lowest BCUT2D eigenvalue weighted by molar-refractivity contribution is -0.0483. The first-order valence-corrected chi connectivity index (χ1v) is 16.3. The Labute approximate surface area is 249 Å². The van der Waals surface area contributed by atoms with Crippen LogP contribution >= 0.6 is 15.5 Å². The van der Waals surface area contributed by atoms with Crippen molar-refractivity contribution < 1.29 is 47.7 Å². The first-order chi connectivity index (χ1) is 21.3. The van der Waals surface area contributed by atoms with Gasteiger partial charge in [-0.3, -0.25) is 28.0 Å². The number of nitrogens with two attached hydrogens (primary N) is 2. The maximum atomic E-state index is 13.2. The molecule has 0 amide bonds. The van der Waals surface area contributed by atoms with Crippen molar-refractivity contribution in [3.05, 3.63) is 29.3 Å². The molecular formula is C20H26N12O11P2. The van der Waals surface area contributed by atoms with E-state index in [-0.39, 0.29) is 34.1 Å². The maximum Gasteiger partial charge on any atom is 0.403 e. The van der Waals surface area contributed by atoms with Gasteiger partial charge in [0.15, 0.2) is 35.1 Å². The molecule has 0 saturated carbocycles. The van der Waals surface area contributed by atoms with E-state index < -0.39 is 83.2 Å². The highest BCUT2D eigenvalue weighted by molar-refractivity contribution is 7.50. The first kappa shape index (κ1) is 30.2. The molecule has 0 aliphatic carbocycles. The number of aliphatic hydroxyl groups excluding tert-OH is 2. The van der Waals surface area contributed by atoms with Gasteiger partial charge in [0.25, 0.3) is 5.56 Å². The number of hydrogen-bond donors (Lipinski definition) is 9. The van der Waals surface area contributed by atoms with E-state index in [1.54, 1.807) is 0 Å². The van der Waals surface area contributed by atoms with E-state index in [2.05, 4.69) is 40.1 Å². The molecule has 0 spiro atoms. The predicted molar refractivity (Wildman–Crippen MR) is 148 cm³/mol. The fourth-order valence-electron chi connectivity index (χ4n) is 5.53. The Kier molecular flexibility index (Phi) is 7.27. The molecule has 7 heterocycles. The number of nitrogens with one attached hydrogen (secondary N) is 3. The number of ether oxygens (including phenoxy) is 2. The summed E-state index contributed by atoms with van der Waals surface area (Å²) in [6.45, 7) is -1.40. The highest BCUT2D eigenvalue weighted by atomic mass is 31.2. The van der Waals surface area contributed by atoms with Gasteiger partial charge in [-0.15, -0.1) is 0 Å². The molecule has 7 rings (SSSR count). The van der Waals surface area contributed by atoms with Crippen LogP contribution in [0.1, 0.15) is 12.5 Å². The molecule has 0 radical (unpaired) electrons. The second-order valence-corrected chi connectivity index (χ2v) is 13.5. The summed E-state index contributed by atoms with van der Waals surface area (Å²) in [5, 5.41) is 27.0. The Hall–Kier alpha value is -3.44. The number of anilines is 2. The van der Waals surface area contributed by atoms with Crippen LogP contribution in [0.25, 0.3) is 22.3 Å². The minimum absolute atomic E-state index is 0.0622. The average molecular weight is 672 g/mol. The van der Waals surface area contributed by atoms with Crippen LogP contribution in [0, 0.1) is 0 Å². The monoisotopic (exact) mass is 672 g/mol. The van der Waals surface area contributed by atoms with Gasteiger partial charge in [-0.25, -0.2) is 39.2 Å². The van der Waals surface area contributed by atoms with Crippen LogP contribution < -0.4 is 27.2 Å². The van der Waals surface area contributed by atoms with Gasteiger partial charge in [0, 0.05) is 0 Å². The van der Waals surface area contributed by atoms with Crippen LogP contribution in [0.2, 0.25) is 0 Å². The molecule has 25 heteroatoms. The summed E-state index contributed by atoms with van der Waals surface area (Å²) < 4.78 is 51.2. The fraction of sp³-hybridized carbons (Fsp3) is 0.500. The Morgan fingerprint density at radius 1 is 0.822 bits per heavy atom. The second-order valence-electron chi connectivity index (χ2n) is 10.4. The Balaban J connectivity index is 1.17. The van der Waals surface area contributed by atoms with Crippen LogP contribution in [0.4, 0.5) is 11.8 Å². The number of imidazole rings is 2.